The molecule has 0 unspecified atom stereocenters. The van der Waals surface area contributed by atoms with Gasteiger partial charge < -0.3 is 9.08 Å². The molecular formula is C24H23NO3S. The third-order valence-electron chi connectivity index (χ3n) is 4.39. The zero-order chi connectivity index (χ0) is 20.9. The number of aryl methyl sites for hydroxylation is 2. The maximum Gasteiger partial charge on any atom is 0.339 e. The van der Waals surface area contributed by atoms with Crippen molar-refractivity contribution in [3.63, 3.8) is 0 Å². The van der Waals surface area contributed by atoms with Gasteiger partial charge >= 0.3 is 10.1 Å². The Bertz CT molecular complexity index is 1140. The van der Waals surface area contributed by atoms with Crippen molar-refractivity contribution in [3.8, 4) is 17.6 Å². The number of para-hydroxylation sites is 2. The normalized spacial score (nSPS) is 10.7. The van der Waals surface area contributed by atoms with Gasteiger partial charge in [-0.25, -0.2) is 0 Å². The first-order valence-electron chi connectivity index (χ1n) is 9.22. The molecule has 29 heavy (non-hydrogen) atoms. The fraction of sp³-hybridized carbons (Fsp3) is 0.167. The lowest BCUT2D eigenvalue weighted by Gasteiger charge is -2.19. The second-order valence-electron chi connectivity index (χ2n) is 6.84. The second kappa shape index (κ2) is 8.85. The molecule has 0 atom stereocenters. The van der Waals surface area contributed by atoms with Gasteiger partial charge in [-0.2, -0.15) is 8.42 Å². The van der Waals surface area contributed by atoms with Crippen molar-refractivity contribution >= 4 is 15.8 Å². The summed E-state index contributed by atoms with van der Waals surface area (Å²) in [6.45, 7) is 4.37. The topological polar surface area (TPSA) is 46.6 Å². The van der Waals surface area contributed by atoms with Gasteiger partial charge in [0.1, 0.15) is 4.90 Å². The van der Waals surface area contributed by atoms with Gasteiger partial charge in [0.2, 0.25) is 0 Å². The lowest BCUT2D eigenvalue weighted by Crippen LogP contribution is -2.19. The summed E-state index contributed by atoms with van der Waals surface area (Å²) >= 11 is 0. The molecule has 0 aliphatic rings. The maximum absolute atomic E-state index is 12.6. The van der Waals surface area contributed by atoms with E-state index in [-0.39, 0.29) is 10.6 Å². The van der Waals surface area contributed by atoms with Gasteiger partial charge in [0, 0.05) is 12.6 Å². The van der Waals surface area contributed by atoms with E-state index in [2.05, 4.69) is 11.8 Å². The summed E-state index contributed by atoms with van der Waals surface area (Å²) in [5.74, 6) is 6.51. The second-order valence-corrected chi connectivity index (χ2v) is 8.39. The Labute approximate surface area is 172 Å². The lowest BCUT2D eigenvalue weighted by molar-refractivity contribution is 0.486. The molecule has 0 radical (unpaired) electrons. The number of nitrogens with zero attached hydrogens (tertiary/aromatic N) is 1. The molecule has 0 saturated heterocycles. The van der Waals surface area contributed by atoms with E-state index in [4.69, 9.17) is 4.18 Å². The molecule has 0 spiro atoms. The molecular weight excluding hydrogens is 382 g/mol. The van der Waals surface area contributed by atoms with Gasteiger partial charge in [0.05, 0.1) is 12.2 Å². The van der Waals surface area contributed by atoms with Crippen molar-refractivity contribution in [2.75, 3.05) is 18.5 Å². The first kappa shape index (κ1) is 20.5. The van der Waals surface area contributed by atoms with E-state index in [0.29, 0.717) is 12.2 Å². The standard InChI is InChI=1S/C24H23NO3S/c1-19-10-14-21(15-11-19)7-6-18-25(3)23-8-4-5-9-24(23)28-29(26,27)22-16-12-20(2)13-17-22/h4-5,8-17H,18H2,1-3H3. The van der Waals surface area contributed by atoms with Crippen LogP contribution >= 0.6 is 0 Å². The van der Waals surface area contributed by atoms with Crippen LogP contribution < -0.4 is 9.08 Å². The predicted octanol–water partition coefficient (Wildman–Crippen LogP) is 4.56. The van der Waals surface area contributed by atoms with Gasteiger partial charge in [-0.1, -0.05) is 59.4 Å². The smallest absolute Gasteiger partial charge is 0.339 e. The van der Waals surface area contributed by atoms with Gasteiger partial charge in [-0.05, 0) is 50.2 Å². The average Bonchev–Trinajstić information content (AvgIpc) is 2.70. The molecule has 0 fully saturated rings. The predicted molar refractivity (Wildman–Crippen MR) is 117 cm³/mol. The number of hydrogen-bond acceptors (Lipinski definition) is 4. The molecule has 0 aliphatic carbocycles. The van der Waals surface area contributed by atoms with Crippen LogP contribution in [0.5, 0.6) is 5.75 Å². The fourth-order valence-electron chi connectivity index (χ4n) is 2.70. The van der Waals surface area contributed by atoms with Gasteiger partial charge in [-0.3, -0.25) is 0 Å². The van der Waals surface area contributed by atoms with Crippen LogP contribution in [0.25, 0.3) is 0 Å². The Kier molecular flexibility index (Phi) is 6.26. The summed E-state index contributed by atoms with van der Waals surface area (Å²) in [5.41, 5.74) is 3.77. The summed E-state index contributed by atoms with van der Waals surface area (Å²) in [6.07, 6.45) is 0. The number of hydrogen-bond donors (Lipinski definition) is 0. The van der Waals surface area contributed by atoms with E-state index in [9.17, 15) is 8.42 Å². The van der Waals surface area contributed by atoms with Gasteiger partial charge in [0.15, 0.2) is 5.75 Å². The lowest BCUT2D eigenvalue weighted by atomic mass is 10.1. The number of rotatable bonds is 5. The highest BCUT2D eigenvalue weighted by Gasteiger charge is 2.19. The van der Waals surface area contributed by atoms with E-state index in [0.717, 1.165) is 11.1 Å². The molecule has 0 heterocycles. The van der Waals surface area contributed by atoms with Crippen molar-refractivity contribution in [2.24, 2.45) is 0 Å². The van der Waals surface area contributed by atoms with Crippen molar-refractivity contribution in [1.29, 1.82) is 0 Å². The summed E-state index contributed by atoms with van der Waals surface area (Å²) in [6, 6.07) is 21.6. The molecule has 3 aromatic carbocycles. The van der Waals surface area contributed by atoms with Crippen molar-refractivity contribution in [3.05, 3.63) is 89.5 Å². The zero-order valence-electron chi connectivity index (χ0n) is 16.7. The summed E-state index contributed by atoms with van der Waals surface area (Å²) in [5, 5.41) is 0. The molecule has 0 N–H and O–H groups in total. The van der Waals surface area contributed by atoms with Gasteiger partial charge in [-0.15, -0.1) is 0 Å². The molecule has 3 rings (SSSR count). The van der Waals surface area contributed by atoms with Crippen LogP contribution in [0.3, 0.4) is 0 Å². The van der Waals surface area contributed by atoms with Crippen molar-refractivity contribution in [1.82, 2.24) is 0 Å². The van der Waals surface area contributed by atoms with Crippen LogP contribution in [-0.4, -0.2) is 22.0 Å². The Morgan fingerprint density at radius 3 is 2.10 bits per heavy atom. The molecule has 0 amide bonds. The molecule has 3 aromatic rings. The first-order chi connectivity index (χ1) is 13.8. The molecule has 0 aliphatic heterocycles. The first-order valence-corrected chi connectivity index (χ1v) is 10.6. The Hall–Kier alpha value is -3.23. The number of benzene rings is 3. The third kappa shape index (κ3) is 5.40. The summed E-state index contributed by atoms with van der Waals surface area (Å²) in [7, 11) is -2.06. The van der Waals surface area contributed by atoms with E-state index in [1.165, 1.54) is 5.56 Å². The maximum atomic E-state index is 12.6. The molecule has 0 aromatic heterocycles. The Balaban J connectivity index is 1.78. The highest BCUT2D eigenvalue weighted by atomic mass is 32.2. The molecule has 0 saturated carbocycles. The minimum absolute atomic E-state index is 0.125. The highest BCUT2D eigenvalue weighted by Crippen LogP contribution is 2.29. The van der Waals surface area contributed by atoms with Crippen LogP contribution in [0.2, 0.25) is 0 Å². The molecule has 148 valence electrons. The Morgan fingerprint density at radius 1 is 0.862 bits per heavy atom. The highest BCUT2D eigenvalue weighted by molar-refractivity contribution is 7.87. The van der Waals surface area contributed by atoms with E-state index in [1.807, 2.05) is 62.2 Å². The van der Waals surface area contributed by atoms with Crippen molar-refractivity contribution < 1.29 is 12.6 Å². The van der Waals surface area contributed by atoms with Crippen LogP contribution in [0.1, 0.15) is 16.7 Å². The number of anilines is 1. The molecule has 5 heteroatoms. The van der Waals surface area contributed by atoms with Crippen LogP contribution in [0, 0.1) is 25.7 Å². The van der Waals surface area contributed by atoms with Crippen LogP contribution in [-0.2, 0) is 10.1 Å². The minimum atomic E-state index is -3.92. The molecule has 0 bridgehead atoms. The van der Waals surface area contributed by atoms with Crippen LogP contribution in [0.4, 0.5) is 5.69 Å². The van der Waals surface area contributed by atoms with Crippen LogP contribution in [0.15, 0.2) is 77.7 Å². The fourth-order valence-corrected chi connectivity index (χ4v) is 3.64. The van der Waals surface area contributed by atoms with Crippen molar-refractivity contribution in [2.45, 2.75) is 18.7 Å². The summed E-state index contributed by atoms with van der Waals surface area (Å²) in [4.78, 5) is 1.99. The minimum Gasteiger partial charge on any atom is -0.377 e. The Morgan fingerprint density at radius 2 is 1.45 bits per heavy atom. The SMILES string of the molecule is Cc1ccc(C#CCN(C)c2ccccc2OS(=O)(=O)c2ccc(C)cc2)cc1. The van der Waals surface area contributed by atoms with E-state index >= 15 is 0 Å². The molecule has 4 nitrogen and oxygen atoms in total. The monoisotopic (exact) mass is 405 g/mol. The summed E-state index contributed by atoms with van der Waals surface area (Å²) < 4.78 is 30.7. The van der Waals surface area contributed by atoms with E-state index in [1.54, 1.807) is 36.4 Å². The zero-order valence-corrected chi connectivity index (χ0v) is 17.5. The van der Waals surface area contributed by atoms with Gasteiger partial charge in [0.25, 0.3) is 0 Å². The quantitative estimate of drug-likeness (QED) is 0.461. The largest absolute Gasteiger partial charge is 0.377 e. The van der Waals surface area contributed by atoms with E-state index < -0.39 is 10.1 Å². The average molecular weight is 406 g/mol. The third-order valence-corrected chi connectivity index (χ3v) is 5.63.